The van der Waals surface area contributed by atoms with E-state index in [1.54, 1.807) is 35.2 Å². The van der Waals surface area contributed by atoms with E-state index in [1.807, 2.05) is 13.0 Å². The van der Waals surface area contributed by atoms with E-state index in [-0.39, 0.29) is 11.7 Å². The first kappa shape index (κ1) is 15.8. The zero-order valence-electron chi connectivity index (χ0n) is 13.1. The molecule has 3 aromatic rings. The van der Waals surface area contributed by atoms with Crippen molar-refractivity contribution in [2.75, 3.05) is 6.54 Å². The summed E-state index contributed by atoms with van der Waals surface area (Å²) in [5, 5.41) is 11.1. The molecular formula is C17H16FN5O. The minimum absolute atomic E-state index is 0.159. The lowest BCUT2D eigenvalue weighted by Crippen LogP contribution is -2.31. The van der Waals surface area contributed by atoms with Crippen molar-refractivity contribution in [2.45, 2.75) is 13.5 Å². The van der Waals surface area contributed by atoms with Gasteiger partial charge in [-0.05, 0) is 47.2 Å². The average Bonchev–Trinajstić information content (AvgIpc) is 3.13. The largest absolute Gasteiger partial charge is 0.335 e. The van der Waals surface area contributed by atoms with Crippen molar-refractivity contribution < 1.29 is 9.18 Å². The van der Waals surface area contributed by atoms with Crippen LogP contribution >= 0.6 is 0 Å². The van der Waals surface area contributed by atoms with Gasteiger partial charge in [0.15, 0.2) is 0 Å². The van der Waals surface area contributed by atoms with Crippen molar-refractivity contribution in [3.8, 4) is 5.69 Å². The van der Waals surface area contributed by atoms with E-state index in [4.69, 9.17) is 0 Å². The molecule has 3 rings (SSSR count). The molecule has 0 N–H and O–H groups in total. The molecule has 1 amide bonds. The molecule has 7 heteroatoms. The highest BCUT2D eigenvalue weighted by atomic mass is 19.1. The van der Waals surface area contributed by atoms with Crippen molar-refractivity contribution in [1.82, 2.24) is 25.1 Å². The second-order valence-electron chi connectivity index (χ2n) is 5.22. The van der Waals surface area contributed by atoms with Crippen LogP contribution in [-0.2, 0) is 6.54 Å². The molecule has 0 saturated carbocycles. The van der Waals surface area contributed by atoms with Crippen molar-refractivity contribution >= 4 is 5.91 Å². The standard InChI is InChI=1S/C17H16FN5O/c1-2-22(11-13-6-5-7-14(18)10-13)17(24)15-8-3-4-9-16(15)23-12-19-20-21-23/h3-10,12H,2,11H2,1H3. The van der Waals surface area contributed by atoms with Gasteiger partial charge < -0.3 is 4.90 Å². The molecule has 0 unspecified atom stereocenters. The van der Waals surface area contributed by atoms with E-state index in [1.165, 1.54) is 23.1 Å². The smallest absolute Gasteiger partial charge is 0.256 e. The Labute approximate surface area is 138 Å². The van der Waals surface area contributed by atoms with E-state index in [0.717, 1.165) is 5.56 Å². The number of amides is 1. The second kappa shape index (κ2) is 6.99. The normalized spacial score (nSPS) is 10.6. The number of nitrogens with zero attached hydrogens (tertiary/aromatic N) is 5. The maximum absolute atomic E-state index is 13.4. The SMILES string of the molecule is CCN(Cc1cccc(F)c1)C(=O)c1ccccc1-n1cnnn1. The zero-order chi connectivity index (χ0) is 16.9. The Morgan fingerprint density at radius 1 is 1.21 bits per heavy atom. The highest BCUT2D eigenvalue weighted by Gasteiger charge is 2.19. The third-order valence-electron chi connectivity index (χ3n) is 3.66. The summed E-state index contributed by atoms with van der Waals surface area (Å²) in [5.41, 5.74) is 1.83. The molecule has 2 aromatic carbocycles. The number of rotatable bonds is 5. The van der Waals surface area contributed by atoms with Crippen LogP contribution in [0.5, 0.6) is 0 Å². The summed E-state index contributed by atoms with van der Waals surface area (Å²) in [6.45, 7) is 2.72. The highest BCUT2D eigenvalue weighted by Crippen LogP contribution is 2.17. The first-order chi connectivity index (χ1) is 11.7. The van der Waals surface area contributed by atoms with Gasteiger partial charge in [0.25, 0.3) is 5.91 Å². The van der Waals surface area contributed by atoms with Crippen LogP contribution in [0.3, 0.4) is 0 Å². The molecule has 1 heterocycles. The van der Waals surface area contributed by atoms with E-state index >= 15 is 0 Å². The summed E-state index contributed by atoms with van der Waals surface area (Å²) in [5.74, 6) is -0.474. The number of carbonyl (C=O) groups excluding carboxylic acids is 1. The number of carbonyl (C=O) groups is 1. The van der Waals surface area contributed by atoms with Crippen molar-refractivity contribution in [2.24, 2.45) is 0 Å². The van der Waals surface area contributed by atoms with Crippen LogP contribution < -0.4 is 0 Å². The third kappa shape index (κ3) is 3.29. The minimum Gasteiger partial charge on any atom is -0.335 e. The molecule has 0 aliphatic carbocycles. The zero-order valence-corrected chi connectivity index (χ0v) is 13.1. The lowest BCUT2D eigenvalue weighted by Gasteiger charge is -2.22. The lowest BCUT2D eigenvalue weighted by atomic mass is 10.1. The van der Waals surface area contributed by atoms with Crippen LogP contribution in [0, 0.1) is 5.82 Å². The molecule has 0 atom stereocenters. The Kier molecular flexibility index (Phi) is 4.60. The Morgan fingerprint density at radius 2 is 2.04 bits per heavy atom. The number of aromatic nitrogens is 4. The molecule has 122 valence electrons. The summed E-state index contributed by atoms with van der Waals surface area (Å²) in [6, 6.07) is 13.4. The minimum atomic E-state index is -0.315. The number of halogens is 1. The van der Waals surface area contributed by atoms with Crippen LogP contribution in [0.25, 0.3) is 5.69 Å². The monoisotopic (exact) mass is 325 g/mol. The Bertz CT molecular complexity index is 835. The van der Waals surface area contributed by atoms with E-state index in [0.29, 0.717) is 24.3 Å². The predicted octanol–water partition coefficient (Wildman–Crippen LogP) is 2.46. The molecule has 0 fully saturated rings. The Hall–Kier alpha value is -3.09. The predicted molar refractivity (Wildman–Crippen MR) is 86.0 cm³/mol. The molecule has 0 radical (unpaired) electrons. The van der Waals surface area contributed by atoms with Gasteiger partial charge in [0.2, 0.25) is 0 Å². The third-order valence-corrected chi connectivity index (χ3v) is 3.66. The van der Waals surface area contributed by atoms with Gasteiger partial charge in [-0.15, -0.1) is 5.10 Å². The molecule has 0 spiro atoms. The first-order valence-corrected chi connectivity index (χ1v) is 7.55. The van der Waals surface area contributed by atoms with Gasteiger partial charge in [-0.2, -0.15) is 4.68 Å². The Morgan fingerprint density at radius 3 is 2.75 bits per heavy atom. The van der Waals surface area contributed by atoms with Crippen molar-refractivity contribution in [1.29, 1.82) is 0 Å². The summed E-state index contributed by atoms with van der Waals surface area (Å²) in [6.07, 6.45) is 1.44. The van der Waals surface area contributed by atoms with Gasteiger partial charge in [0.05, 0.1) is 11.3 Å². The van der Waals surface area contributed by atoms with Crippen LogP contribution in [-0.4, -0.2) is 37.6 Å². The summed E-state index contributed by atoms with van der Waals surface area (Å²) in [4.78, 5) is 14.6. The van der Waals surface area contributed by atoms with E-state index in [9.17, 15) is 9.18 Å². The van der Waals surface area contributed by atoms with E-state index in [2.05, 4.69) is 15.5 Å². The number of tetrazole rings is 1. The van der Waals surface area contributed by atoms with Gasteiger partial charge >= 0.3 is 0 Å². The molecular weight excluding hydrogens is 309 g/mol. The quantitative estimate of drug-likeness (QED) is 0.723. The van der Waals surface area contributed by atoms with Crippen molar-refractivity contribution in [3.63, 3.8) is 0 Å². The fourth-order valence-electron chi connectivity index (χ4n) is 2.48. The first-order valence-electron chi connectivity index (χ1n) is 7.55. The van der Waals surface area contributed by atoms with Gasteiger partial charge in [-0.3, -0.25) is 4.79 Å². The fraction of sp³-hybridized carbons (Fsp3) is 0.176. The van der Waals surface area contributed by atoms with Gasteiger partial charge in [-0.1, -0.05) is 24.3 Å². The van der Waals surface area contributed by atoms with Crippen LogP contribution in [0.2, 0.25) is 0 Å². The lowest BCUT2D eigenvalue weighted by molar-refractivity contribution is 0.0752. The summed E-state index contributed by atoms with van der Waals surface area (Å²) in [7, 11) is 0. The van der Waals surface area contributed by atoms with Gasteiger partial charge in [0.1, 0.15) is 12.1 Å². The highest BCUT2D eigenvalue weighted by molar-refractivity contribution is 5.97. The molecule has 1 aromatic heterocycles. The number of hydrogen-bond acceptors (Lipinski definition) is 4. The van der Waals surface area contributed by atoms with Crippen molar-refractivity contribution in [3.05, 3.63) is 71.8 Å². The maximum atomic E-state index is 13.4. The summed E-state index contributed by atoms with van der Waals surface area (Å²) >= 11 is 0. The molecule has 6 nitrogen and oxygen atoms in total. The molecule has 0 saturated heterocycles. The second-order valence-corrected chi connectivity index (χ2v) is 5.22. The molecule has 0 bridgehead atoms. The van der Waals surface area contributed by atoms with Gasteiger partial charge in [-0.25, -0.2) is 4.39 Å². The average molecular weight is 325 g/mol. The molecule has 0 aliphatic heterocycles. The van der Waals surface area contributed by atoms with Gasteiger partial charge in [0, 0.05) is 13.1 Å². The molecule has 24 heavy (non-hydrogen) atoms. The number of para-hydroxylation sites is 1. The topological polar surface area (TPSA) is 63.9 Å². The van der Waals surface area contributed by atoms with Crippen LogP contribution in [0.15, 0.2) is 54.9 Å². The molecule has 0 aliphatic rings. The summed E-state index contributed by atoms with van der Waals surface area (Å²) < 4.78 is 14.8. The van der Waals surface area contributed by atoms with Crippen LogP contribution in [0.4, 0.5) is 4.39 Å². The number of hydrogen-bond donors (Lipinski definition) is 0. The number of benzene rings is 2. The Balaban J connectivity index is 1.90. The maximum Gasteiger partial charge on any atom is 0.256 e. The van der Waals surface area contributed by atoms with E-state index < -0.39 is 0 Å². The van der Waals surface area contributed by atoms with Crippen LogP contribution in [0.1, 0.15) is 22.8 Å². The fourth-order valence-corrected chi connectivity index (χ4v) is 2.48.